The Bertz CT molecular complexity index is 609. The van der Waals surface area contributed by atoms with Gasteiger partial charge in [-0.05, 0) is 19.8 Å². The number of nitrogens with two attached hydrogens (primary N) is 1. The molecule has 0 aromatic carbocycles. The van der Waals surface area contributed by atoms with Crippen LogP contribution in [0.3, 0.4) is 0 Å². The van der Waals surface area contributed by atoms with Crippen LogP contribution in [0.4, 0.5) is 0 Å². The van der Waals surface area contributed by atoms with E-state index in [1.807, 2.05) is 0 Å². The third-order valence-corrected chi connectivity index (χ3v) is 4.04. The Hall–Kier alpha value is -2.73. The van der Waals surface area contributed by atoms with Gasteiger partial charge in [0.05, 0.1) is 19.1 Å². The molecule has 152 valence electrons. The lowest BCUT2D eigenvalue weighted by Gasteiger charge is -2.27. The highest BCUT2D eigenvalue weighted by molar-refractivity contribution is 5.95. The van der Waals surface area contributed by atoms with Crippen LogP contribution in [0.25, 0.3) is 0 Å². The molecule has 1 aliphatic rings. The van der Waals surface area contributed by atoms with Gasteiger partial charge < -0.3 is 36.6 Å². The second kappa shape index (κ2) is 9.83. The third kappa shape index (κ3) is 6.18. The molecule has 0 spiro atoms. The van der Waals surface area contributed by atoms with Crippen molar-refractivity contribution in [3.05, 3.63) is 0 Å². The van der Waals surface area contributed by atoms with Gasteiger partial charge in [0, 0.05) is 6.54 Å². The van der Waals surface area contributed by atoms with E-state index in [0.29, 0.717) is 6.42 Å². The number of hydrogen-bond donors (Lipinski definition) is 6. The van der Waals surface area contributed by atoms with Gasteiger partial charge in [-0.25, -0.2) is 4.79 Å². The first-order chi connectivity index (χ1) is 12.6. The molecule has 1 rings (SSSR count). The number of rotatable bonds is 9. The van der Waals surface area contributed by atoms with Crippen molar-refractivity contribution in [2.45, 2.75) is 50.4 Å². The maximum absolute atomic E-state index is 12.5. The van der Waals surface area contributed by atoms with E-state index in [0.717, 1.165) is 4.90 Å². The summed E-state index contributed by atoms with van der Waals surface area (Å²) in [6, 6.07) is -5.04. The molecule has 12 heteroatoms. The first-order valence-corrected chi connectivity index (χ1v) is 8.30. The second-order valence-corrected chi connectivity index (χ2v) is 6.22. The highest BCUT2D eigenvalue weighted by Gasteiger charge is 2.38. The van der Waals surface area contributed by atoms with Crippen molar-refractivity contribution in [2.24, 2.45) is 5.73 Å². The summed E-state index contributed by atoms with van der Waals surface area (Å²) in [7, 11) is 0. The molecule has 1 heterocycles. The van der Waals surface area contributed by atoms with Gasteiger partial charge in [-0.2, -0.15) is 0 Å². The Kier molecular flexibility index (Phi) is 8.12. The van der Waals surface area contributed by atoms with E-state index in [1.165, 1.54) is 6.92 Å². The molecule has 4 unspecified atom stereocenters. The van der Waals surface area contributed by atoms with Crippen molar-refractivity contribution in [1.29, 1.82) is 0 Å². The lowest BCUT2D eigenvalue weighted by molar-refractivity contribution is -0.150. The number of carbonyl (C=O) groups excluding carboxylic acids is 3. The Balaban J connectivity index is 2.86. The monoisotopic (exact) mass is 388 g/mol. The molecule has 12 nitrogen and oxygen atoms in total. The van der Waals surface area contributed by atoms with Crippen molar-refractivity contribution in [2.75, 3.05) is 13.2 Å². The molecule has 4 atom stereocenters. The van der Waals surface area contributed by atoms with Crippen LogP contribution in [0.2, 0.25) is 0 Å². The van der Waals surface area contributed by atoms with Gasteiger partial charge in [0.15, 0.2) is 0 Å². The standard InChI is InChI=1S/C15H24N4O8/c1-7(16)12(23)17-8(5-11(21)22)13(24)18-9(6-20)14(25)19-4-2-3-10(19)15(26)27/h7-10,20H,2-6,16H2,1H3,(H,17,23)(H,18,24)(H,21,22)(H,26,27). The van der Waals surface area contributed by atoms with Gasteiger partial charge in [0.1, 0.15) is 18.1 Å². The fourth-order valence-electron chi connectivity index (χ4n) is 2.63. The number of aliphatic hydroxyl groups is 1. The topological polar surface area (TPSA) is 199 Å². The molecule has 3 amide bonds. The van der Waals surface area contributed by atoms with Crippen LogP contribution in [0.1, 0.15) is 26.2 Å². The van der Waals surface area contributed by atoms with E-state index < -0.39 is 66.9 Å². The van der Waals surface area contributed by atoms with Gasteiger partial charge in [-0.1, -0.05) is 0 Å². The van der Waals surface area contributed by atoms with Crippen LogP contribution in [0.5, 0.6) is 0 Å². The Morgan fingerprint density at radius 2 is 1.70 bits per heavy atom. The number of amides is 3. The smallest absolute Gasteiger partial charge is 0.326 e. The van der Waals surface area contributed by atoms with Crippen LogP contribution in [-0.2, 0) is 24.0 Å². The molecule has 1 saturated heterocycles. The number of carboxylic acids is 2. The summed E-state index contributed by atoms with van der Waals surface area (Å²) in [5, 5.41) is 31.8. The fourth-order valence-corrected chi connectivity index (χ4v) is 2.63. The van der Waals surface area contributed by atoms with Crippen molar-refractivity contribution < 1.29 is 39.3 Å². The zero-order valence-corrected chi connectivity index (χ0v) is 14.8. The summed E-state index contributed by atoms with van der Waals surface area (Å²) in [5.74, 6) is -5.16. The molecule has 0 aromatic rings. The number of nitrogens with one attached hydrogen (secondary N) is 2. The lowest BCUT2D eigenvalue weighted by atomic mass is 10.1. The summed E-state index contributed by atoms with van der Waals surface area (Å²) in [6.07, 6.45) is -0.0573. The number of hydrogen-bond acceptors (Lipinski definition) is 7. The molecule has 0 bridgehead atoms. The first kappa shape index (κ1) is 22.3. The summed E-state index contributed by atoms with van der Waals surface area (Å²) in [5.41, 5.74) is 5.37. The minimum absolute atomic E-state index is 0.155. The van der Waals surface area contributed by atoms with Gasteiger partial charge in [-0.3, -0.25) is 19.2 Å². The van der Waals surface area contributed by atoms with E-state index in [1.54, 1.807) is 0 Å². The van der Waals surface area contributed by atoms with Crippen LogP contribution in [0.15, 0.2) is 0 Å². The number of nitrogens with zero attached hydrogens (tertiary/aromatic N) is 1. The molecule has 1 fully saturated rings. The lowest BCUT2D eigenvalue weighted by Crippen LogP contribution is -2.58. The Morgan fingerprint density at radius 3 is 2.19 bits per heavy atom. The minimum Gasteiger partial charge on any atom is -0.481 e. The van der Waals surface area contributed by atoms with Crippen molar-refractivity contribution >= 4 is 29.7 Å². The van der Waals surface area contributed by atoms with Crippen LogP contribution >= 0.6 is 0 Å². The first-order valence-electron chi connectivity index (χ1n) is 8.30. The molecule has 0 aliphatic carbocycles. The van der Waals surface area contributed by atoms with Gasteiger partial charge >= 0.3 is 11.9 Å². The Labute approximate surface area is 154 Å². The molecule has 1 aliphatic heterocycles. The van der Waals surface area contributed by atoms with Crippen molar-refractivity contribution in [1.82, 2.24) is 15.5 Å². The predicted octanol–water partition coefficient (Wildman–Crippen LogP) is -3.15. The fraction of sp³-hybridized carbons (Fsp3) is 0.667. The summed E-state index contributed by atoms with van der Waals surface area (Å²) in [6.45, 7) is 0.668. The molecule has 27 heavy (non-hydrogen) atoms. The number of aliphatic hydroxyl groups excluding tert-OH is 1. The summed E-state index contributed by atoms with van der Waals surface area (Å²) < 4.78 is 0. The second-order valence-electron chi connectivity index (χ2n) is 6.22. The quantitative estimate of drug-likeness (QED) is 0.236. The van der Waals surface area contributed by atoms with Crippen molar-refractivity contribution in [3.8, 4) is 0 Å². The van der Waals surface area contributed by atoms with E-state index in [4.69, 9.17) is 15.9 Å². The number of likely N-dealkylation sites (tertiary alicyclic amines) is 1. The average molecular weight is 388 g/mol. The molecule has 0 saturated carbocycles. The number of aliphatic carboxylic acids is 2. The minimum atomic E-state index is -1.52. The molecule has 0 aromatic heterocycles. The van der Waals surface area contributed by atoms with Gasteiger partial charge in [-0.15, -0.1) is 0 Å². The predicted molar refractivity (Wildman–Crippen MR) is 89.2 cm³/mol. The highest BCUT2D eigenvalue weighted by atomic mass is 16.4. The molecule has 0 radical (unpaired) electrons. The van der Waals surface area contributed by atoms with Crippen molar-refractivity contribution in [3.63, 3.8) is 0 Å². The maximum Gasteiger partial charge on any atom is 0.326 e. The highest BCUT2D eigenvalue weighted by Crippen LogP contribution is 2.18. The normalized spacial score (nSPS) is 19.7. The molecular weight excluding hydrogens is 364 g/mol. The summed E-state index contributed by atoms with van der Waals surface area (Å²) >= 11 is 0. The van der Waals surface area contributed by atoms with Gasteiger partial charge in [0.2, 0.25) is 17.7 Å². The maximum atomic E-state index is 12.5. The van der Waals surface area contributed by atoms with E-state index in [9.17, 15) is 29.1 Å². The third-order valence-electron chi connectivity index (χ3n) is 4.04. The van der Waals surface area contributed by atoms with E-state index >= 15 is 0 Å². The van der Waals surface area contributed by atoms with Gasteiger partial charge in [0.25, 0.3) is 0 Å². The summed E-state index contributed by atoms with van der Waals surface area (Å²) in [4.78, 5) is 59.6. The zero-order valence-electron chi connectivity index (χ0n) is 14.8. The van der Waals surface area contributed by atoms with Crippen LogP contribution in [0, 0.1) is 0 Å². The van der Waals surface area contributed by atoms with E-state index in [2.05, 4.69) is 10.6 Å². The zero-order chi connectivity index (χ0) is 20.7. The largest absolute Gasteiger partial charge is 0.481 e. The van der Waals surface area contributed by atoms with E-state index in [-0.39, 0.29) is 13.0 Å². The average Bonchev–Trinajstić information content (AvgIpc) is 3.07. The molecular formula is C15H24N4O8. The number of carbonyl (C=O) groups is 5. The number of carboxylic acid groups (broad SMARTS) is 2. The van der Waals surface area contributed by atoms with Crippen LogP contribution in [-0.4, -0.2) is 87.2 Å². The Morgan fingerprint density at radius 1 is 1.11 bits per heavy atom. The van der Waals surface area contributed by atoms with Crippen LogP contribution < -0.4 is 16.4 Å². The molecule has 7 N–H and O–H groups in total. The SMILES string of the molecule is CC(N)C(=O)NC(CC(=O)O)C(=O)NC(CO)C(=O)N1CCCC1C(=O)O.